The zero-order valence-electron chi connectivity index (χ0n) is 8.36. The number of phenols is 1. The molecule has 0 saturated heterocycles. The highest BCUT2D eigenvalue weighted by atomic mass is 16.3. The number of phenolic OH excluding ortho intramolecular Hbond substituents is 1. The van der Waals surface area contributed by atoms with Crippen molar-refractivity contribution < 1.29 is 5.11 Å². The fraction of sp³-hybridized carbons (Fsp3) is 0.167. The number of hydrogen-bond acceptors (Lipinski definition) is 2. The first-order valence-electron chi connectivity index (χ1n) is 4.57. The zero-order valence-corrected chi connectivity index (χ0v) is 8.36. The lowest BCUT2D eigenvalue weighted by Gasteiger charge is -2.15. The van der Waals surface area contributed by atoms with E-state index in [4.69, 9.17) is 0 Å². The lowest BCUT2D eigenvalue weighted by atomic mass is 10.1. The maximum absolute atomic E-state index is 9.53. The summed E-state index contributed by atoms with van der Waals surface area (Å²) in [6.45, 7) is 0. The van der Waals surface area contributed by atoms with Gasteiger partial charge in [-0.05, 0) is 11.5 Å². The molecule has 0 aliphatic rings. The van der Waals surface area contributed by atoms with E-state index in [1.807, 2.05) is 37.2 Å². The Morgan fingerprint density at radius 2 is 1.79 bits per heavy atom. The van der Waals surface area contributed by atoms with E-state index in [0.717, 1.165) is 16.5 Å². The highest BCUT2D eigenvalue weighted by Gasteiger charge is 2.04. The SMILES string of the molecule is CN(C)c1cc(O)cc2ccccc12. The van der Waals surface area contributed by atoms with Crippen molar-refractivity contribution in [2.45, 2.75) is 0 Å². The quantitative estimate of drug-likeness (QED) is 0.741. The van der Waals surface area contributed by atoms with Gasteiger partial charge in [-0.15, -0.1) is 0 Å². The monoisotopic (exact) mass is 187 g/mol. The van der Waals surface area contributed by atoms with E-state index in [0.29, 0.717) is 5.75 Å². The van der Waals surface area contributed by atoms with Crippen LogP contribution in [0.5, 0.6) is 5.75 Å². The Kier molecular flexibility index (Phi) is 2.04. The van der Waals surface area contributed by atoms with E-state index >= 15 is 0 Å². The highest BCUT2D eigenvalue weighted by molar-refractivity contribution is 5.95. The molecule has 0 fully saturated rings. The summed E-state index contributed by atoms with van der Waals surface area (Å²) in [6.07, 6.45) is 0. The van der Waals surface area contributed by atoms with Crippen LogP contribution >= 0.6 is 0 Å². The second-order valence-corrected chi connectivity index (χ2v) is 3.58. The van der Waals surface area contributed by atoms with Gasteiger partial charge < -0.3 is 10.0 Å². The van der Waals surface area contributed by atoms with Crippen molar-refractivity contribution in [3.05, 3.63) is 36.4 Å². The number of hydrogen-bond donors (Lipinski definition) is 1. The fourth-order valence-corrected chi connectivity index (χ4v) is 1.64. The van der Waals surface area contributed by atoms with Gasteiger partial charge in [-0.1, -0.05) is 24.3 Å². The molecule has 0 heterocycles. The maximum Gasteiger partial charge on any atom is 0.118 e. The minimum atomic E-state index is 0.312. The molecule has 0 aromatic heterocycles. The molecule has 2 aromatic carbocycles. The van der Waals surface area contributed by atoms with Crippen LogP contribution in [0.25, 0.3) is 10.8 Å². The molecule has 0 aliphatic heterocycles. The Morgan fingerprint density at radius 1 is 1.07 bits per heavy atom. The minimum absolute atomic E-state index is 0.312. The van der Waals surface area contributed by atoms with Gasteiger partial charge in [0.15, 0.2) is 0 Å². The van der Waals surface area contributed by atoms with Crippen molar-refractivity contribution in [2.75, 3.05) is 19.0 Å². The first kappa shape index (κ1) is 8.88. The predicted octanol–water partition coefficient (Wildman–Crippen LogP) is 2.61. The molecular weight excluding hydrogens is 174 g/mol. The number of fused-ring (bicyclic) bond motifs is 1. The van der Waals surface area contributed by atoms with Gasteiger partial charge in [0.2, 0.25) is 0 Å². The van der Waals surface area contributed by atoms with E-state index in [2.05, 4.69) is 6.07 Å². The minimum Gasteiger partial charge on any atom is -0.508 e. The Labute approximate surface area is 83.4 Å². The van der Waals surface area contributed by atoms with Gasteiger partial charge in [0.25, 0.3) is 0 Å². The van der Waals surface area contributed by atoms with E-state index < -0.39 is 0 Å². The van der Waals surface area contributed by atoms with Crippen LogP contribution in [0.2, 0.25) is 0 Å². The summed E-state index contributed by atoms with van der Waals surface area (Å²) >= 11 is 0. The summed E-state index contributed by atoms with van der Waals surface area (Å²) in [5.41, 5.74) is 1.04. The third-order valence-corrected chi connectivity index (χ3v) is 2.31. The highest BCUT2D eigenvalue weighted by Crippen LogP contribution is 2.29. The molecule has 2 aromatic rings. The summed E-state index contributed by atoms with van der Waals surface area (Å²) in [6, 6.07) is 11.6. The molecule has 2 heteroatoms. The largest absolute Gasteiger partial charge is 0.508 e. The number of anilines is 1. The molecule has 2 nitrogen and oxygen atoms in total. The van der Waals surface area contributed by atoms with Gasteiger partial charge in [-0.3, -0.25) is 0 Å². The molecule has 0 amide bonds. The summed E-state index contributed by atoms with van der Waals surface area (Å²) in [5.74, 6) is 0.312. The molecule has 72 valence electrons. The molecule has 2 rings (SSSR count). The lowest BCUT2D eigenvalue weighted by molar-refractivity contribution is 0.476. The lowest BCUT2D eigenvalue weighted by Crippen LogP contribution is -2.08. The Bertz CT molecular complexity index is 463. The third-order valence-electron chi connectivity index (χ3n) is 2.31. The topological polar surface area (TPSA) is 23.5 Å². The molecule has 0 spiro atoms. The standard InChI is InChI=1S/C12H13NO/c1-13(2)12-8-10(14)7-9-5-3-4-6-11(9)12/h3-8,14H,1-2H3. The van der Waals surface area contributed by atoms with Crippen molar-refractivity contribution in [1.29, 1.82) is 0 Å². The molecule has 0 aliphatic carbocycles. The predicted molar refractivity (Wildman–Crippen MR) is 59.9 cm³/mol. The molecule has 14 heavy (non-hydrogen) atoms. The van der Waals surface area contributed by atoms with Crippen LogP contribution in [-0.2, 0) is 0 Å². The van der Waals surface area contributed by atoms with Crippen LogP contribution in [0.15, 0.2) is 36.4 Å². The number of aromatic hydroxyl groups is 1. The molecule has 0 radical (unpaired) electrons. The van der Waals surface area contributed by atoms with Crippen molar-refractivity contribution >= 4 is 16.5 Å². The first-order valence-corrected chi connectivity index (χ1v) is 4.57. The number of nitrogens with zero attached hydrogens (tertiary/aromatic N) is 1. The summed E-state index contributed by atoms with van der Waals surface area (Å²) < 4.78 is 0. The van der Waals surface area contributed by atoms with Crippen molar-refractivity contribution in [3.63, 3.8) is 0 Å². The Balaban J connectivity index is 2.80. The van der Waals surface area contributed by atoms with Crippen LogP contribution in [0.1, 0.15) is 0 Å². The molecule has 0 unspecified atom stereocenters. The summed E-state index contributed by atoms with van der Waals surface area (Å²) in [5, 5.41) is 11.8. The van der Waals surface area contributed by atoms with E-state index in [-0.39, 0.29) is 0 Å². The van der Waals surface area contributed by atoms with Gasteiger partial charge in [0, 0.05) is 31.2 Å². The van der Waals surface area contributed by atoms with Gasteiger partial charge in [-0.2, -0.15) is 0 Å². The molecule has 1 N–H and O–H groups in total. The molecular formula is C12H13NO. The average Bonchev–Trinajstić information content (AvgIpc) is 2.16. The van der Waals surface area contributed by atoms with Gasteiger partial charge in [0.1, 0.15) is 5.75 Å². The first-order chi connectivity index (χ1) is 6.68. The fourth-order valence-electron chi connectivity index (χ4n) is 1.64. The maximum atomic E-state index is 9.53. The number of rotatable bonds is 1. The van der Waals surface area contributed by atoms with Gasteiger partial charge in [-0.25, -0.2) is 0 Å². The second kappa shape index (κ2) is 3.22. The van der Waals surface area contributed by atoms with E-state index in [9.17, 15) is 5.11 Å². The Morgan fingerprint density at radius 3 is 2.50 bits per heavy atom. The normalized spacial score (nSPS) is 10.4. The average molecular weight is 187 g/mol. The van der Waals surface area contributed by atoms with E-state index in [1.165, 1.54) is 0 Å². The molecule has 0 atom stereocenters. The van der Waals surface area contributed by atoms with Crippen LogP contribution in [0.4, 0.5) is 5.69 Å². The number of benzene rings is 2. The molecule has 0 bridgehead atoms. The van der Waals surface area contributed by atoms with Crippen molar-refractivity contribution in [1.82, 2.24) is 0 Å². The van der Waals surface area contributed by atoms with Crippen molar-refractivity contribution in [3.8, 4) is 5.75 Å². The summed E-state index contributed by atoms with van der Waals surface area (Å²) in [4.78, 5) is 2.00. The van der Waals surface area contributed by atoms with Crippen LogP contribution < -0.4 is 4.90 Å². The van der Waals surface area contributed by atoms with Gasteiger partial charge in [0.05, 0.1) is 0 Å². The Hall–Kier alpha value is -1.70. The van der Waals surface area contributed by atoms with Crippen LogP contribution in [-0.4, -0.2) is 19.2 Å². The second-order valence-electron chi connectivity index (χ2n) is 3.58. The van der Waals surface area contributed by atoms with Crippen LogP contribution in [0, 0.1) is 0 Å². The zero-order chi connectivity index (χ0) is 10.1. The van der Waals surface area contributed by atoms with E-state index in [1.54, 1.807) is 12.1 Å². The van der Waals surface area contributed by atoms with Crippen LogP contribution in [0.3, 0.4) is 0 Å². The van der Waals surface area contributed by atoms with Crippen molar-refractivity contribution in [2.24, 2.45) is 0 Å². The third kappa shape index (κ3) is 1.39. The summed E-state index contributed by atoms with van der Waals surface area (Å²) in [7, 11) is 3.95. The smallest absolute Gasteiger partial charge is 0.118 e. The van der Waals surface area contributed by atoms with Gasteiger partial charge >= 0.3 is 0 Å². The molecule has 0 saturated carbocycles.